The van der Waals surface area contributed by atoms with Crippen molar-refractivity contribution in [1.82, 2.24) is 20.1 Å². The molecular formula is C15H25N5O. The molecule has 1 unspecified atom stereocenters. The van der Waals surface area contributed by atoms with Gasteiger partial charge in [-0.05, 0) is 27.1 Å². The largest absolute Gasteiger partial charge is 0.387 e. The van der Waals surface area contributed by atoms with Crippen LogP contribution in [0.3, 0.4) is 0 Å². The van der Waals surface area contributed by atoms with Crippen molar-refractivity contribution >= 4 is 11.6 Å². The van der Waals surface area contributed by atoms with E-state index in [1.807, 2.05) is 20.0 Å². The number of piperazine rings is 1. The van der Waals surface area contributed by atoms with Gasteiger partial charge in [-0.2, -0.15) is 0 Å². The lowest BCUT2D eigenvalue weighted by Crippen LogP contribution is -2.54. The van der Waals surface area contributed by atoms with E-state index in [0.29, 0.717) is 18.2 Å². The molecule has 1 atom stereocenters. The van der Waals surface area contributed by atoms with Crippen LogP contribution in [0.1, 0.15) is 16.1 Å². The number of pyridine rings is 1. The molecule has 1 saturated heterocycles. The topological polar surface area (TPSA) is 60.5 Å². The molecule has 116 valence electrons. The number of amides is 1. The van der Waals surface area contributed by atoms with Gasteiger partial charge < -0.3 is 15.5 Å². The first kappa shape index (κ1) is 15.7. The molecule has 2 rings (SSSR count). The van der Waals surface area contributed by atoms with E-state index in [1.165, 1.54) is 0 Å². The van der Waals surface area contributed by atoms with Crippen molar-refractivity contribution in [3.8, 4) is 0 Å². The molecule has 0 saturated carbocycles. The quantitative estimate of drug-likeness (QED) is 0.841. The Bertz CT molecular complexity index is 505. The summed E-state index contributed by atoms with van der Waals surface area (Å²) in [4.78, 5) is 21.1. The summed E-state index contributed by atoms with van der Waals surface area (Å²) in [6, 6.07) is 2.24. The van der Waals surface area contributed by atoms with Gasteiger partial charge in [0.15, 0.2) is 0 Å². The summed E-state index contributed by atoms with van der Waals surface area (Å²) in [5, 5.41) is 6.08. The molecule has 1 aromatic heterocycles. The maximum Gasteiger partial charge on any atom is 0.255 e. The van der Waals surface area contributed by atoms with Crippen LogP contribution in [0, 0.1) is 6.92 Å². The second-order valence-corrected chi connectivity index (χ2v) is 5.73. The number of nitrogens with one attached hydrogen (secondary N) is 2. The number of nitrogens with zero attached hydrogens (tertiary/aromatic N) is 3. The molecule has 1 aliphatic rings. The molecule has 6 nitrogen and oxygen atoms in total. The summed E-state index contributed by atoms with van der Waals surface area (Å²) in [5.74, 6) is -0.0755. The van der Waals surface area contributed by atoms with Crippen LogP contribution in [-0.4, -0.2) is 74.1 Å². The van der Waals surface area contributed by atoms with E-state index in [1.54, 1.807) is 6.20 Å². The van der Waals surface area contributed by atoms with Crippen LogP contribution in [0.25, 0.3) is 0 Å². The third kappa shape index (κ3) is 3.92. The average molecular weight is 291 g/mol. The minimum Gasteiger partial charge on any atom is -0.387 e. The van der Waals surface area contributed by atoms with Gasteiger partial charge in [-0.3, -0.25) is 14.7 Å². The Labute approximate surface area is 126 Å². The zero-order chi connectivity index (χ0) is 15.4. The van der Waals surface area contributed by atoms with Crippen molar-refractivity contribution in [1.29, 1.82) is 0 Å². The monoisotopic (exact) mass is 291 g/mol. The average Bonchev–Trinajstić information content (AvgIpc) is 2.47. The Hall–Kier alpha value is -1.66. The highest BCUT2D eigenvalue weighted by Gasteiger charge is 2.23. The van der Waals surface area contributed by atoms with Crippen molar-refractivity contribution in [2.24, 2.45) is 0 Å². The molecule has 1 aromatic rings. The highest BCUT2D eigenvalue weighted by Crippen LogP contribution is 2.15. The number of hydrogen-bond acceptors (Lipinski definition) is 5. The summed E-state index contributed by atoms with van der Waals surface area (Å²) in [6.07, 6.45) is 1.63. The molecule has 2 N–H and O–H groups in total. The number of carbonyl (C=O) groups is 1. The number of hydrogen-bond donors (Lipinski definition) is 2. The van der Waals surface area contributed by atoms with Gasteiger partial charge in [0.2, 0.25) is 0 Å². The predicted octanol–water partition coefficient (Wildman–Crippen LogP) is 0.407. The minimum absolute atomic E-state index is 0.0755. The van der Waals surface area contributed by atoms with E-state index >= 15 is 0 Å². The first-order chi connectivity index (χ1) is 10.0. The van der Waals surface area contributed by atoms with Crippen LogP contribution in [0.15, 0.2) is 12.3 Å². The number of anilines is 1. The summed E-state index contributed by atoms with van der Waals surface area (Å²) in [6.45, 7) is 5.64. The van der Waals surface area contributed by atoms with E-state index in [0.717, 1.165) is 31.0 Å². The second kappa shape index (κ2) is 6.87. The molecule has 1 aliphatic heterocycles. The lowest BCUT2D eigenvalue weighted by Gasteiger charge is -2.37. The Morgan fingerprint density at radius 3 is 2.90 bits per heavy atom. The number of likely N-dealkylation sites (N-methyl/N-ethyl adjacent to an activating group) is 2. The maximum atomic E-state index is 12.3. The second-order valence-electron chi connectivity index (χ2n) is 5.73. The predicted molar refractivity (Wildman–Crippen MR) is 84.8 cm³/mol. The van der Waals surface area contributed by atoms with E-state index in [9.17, 15) is 4.79 Å². The van der Waals surface area contributed by atoms with E-state index in [-0.39, 0.29) is 5.91 Å². The molecule has 0 radical (unpaired) electrons. The highest BCUT2D eigenvalue weighted by atomic mass is 16.1. The van der Waals surface area contributed by atoms with E-state index in [2.05, 4.69) is 39.5 Å². The van der Waals surface area contributed by atoms with Crippen LogP contribution in [0.5, 0.6) is 0 Å². The molecule has 6 heteroatoms. The van der Waals surface area contributed by atoms with Crippen molar-refractivity contribution in [2.75, 3.05) is 52.6 Å². The van der Waals surface area contributed by atoms with Crippen LogP contribution < -0.4 is 10.6 Å². The normalized spacial score (nSPS) is 20.3. The van der Waals surface area contributed by atoms with Gasteiger partial charge >= 0.3 is 0 Å². The van der Waals surface area contributed by atoms with E-state index in [4.69, 9.17) is 0 Å². The van der Waals surface area contributed by atoms with Crippen molar-refractivity contribution < 1.29 is 4.79 Å². The number of aryl methyl sites for hydroxylation is 1. The summed E-state index contributed by atoms with van der Waals surface area (Å²) in [7, 11) is 6.04. The Morgan fingerprint density at radius 1 is 1.43 bits per heavy atom. The van der Waals surface area contributed by atoms with Crippen LogP contribution in [-0.2, 0) is 0 Å². The Balaban J connectivity index is 1.98. The highest BCUT2D eigenvalue weighted by molar-refractivity contribution is 5.99. The smallest absolute Gasteiger partial charge is 0.255 e. The van der Waals surface area contributed by atoms with Crippen LogP contribution in [0.4, 0.5) is 5.69 Å². The fraction of sp³-hybridized carbons (Fsp3) is 0.600. The SMILES string of the molecule is CNc1cc(C)ncc1C(=O)NCC1CN(C)CCN1C. The molecule has 2 heterocycles. The maximum absolute atomic E-state index is 12.3. The number of carbonyl (C=O) groups excluding carboxylic acids is 1. The van der Waals surface area contributed by atoms with Crippen LogP contribution in [0.2, 0.25) is 0 Å². The number of rotatable bonds is 4. The first-order valence-corrected chi connectivity index (χ1v) is 7.32. The first-order valence-electron chi connectivity index (χ1n) is 7.32. The molecule has 0 bridgehead atoms. The van der Waals surface area contributed by atoms with Gasteiger partial charge in [-0.1, -0.05) is 0 Å². The van der Waals surface area contributed by atoms with Gasteiger partial charge in [0.05, 0.1) is 11.3 Å². The van der Waals surface area contributed by atoms with Crippen molar-refractivity contribution in [3.05, 3.63) is 23.5 Å². The third-order valence-electron chi connectivity index (χ3n) is 4.03. The molecule has 21 heavy (non-hydrogen) atoms. The Morgan fingerprint density at radius 2 is 2.19 bits per heavy atom. The molecular weight excluding hydrogens is 266 g/mol. The van der Waals surface area contributed by atoms with Gasteiger partial charge in [-0.25, -0.2) is 0 Å². The van der Waals surface area contributed by atoms with Gasteiger partial charge in [-0.15, -0.1) is 0 Å². The lowest BCUT2D eigenvalue weighted by molar-refractivity contribution is 0.0881. The Kier molecular flexibility index (Phi) is 5.14. The zero-order valence-corrected chi connectivity index (χ0v) is 13.3. The van der Waals surface area contributed by atoms with Crippen LogP contribution >= 0.6 is 0 Å². The molecule has 0 aliphatic carbocycles. The number of aromatic nitrogens is 1. The summed E-state index contributed by atoms with van der Waals surface area (Å²) >= 11 is 0. The lowest BCUT2D eigenvalue weighted by atomic mass is 10.1. The molecule has 0 spiro atoms. The van der Waals surface area contributed by atoms with Gasteiger partial charge in [0.25, 0.3) is 5.91 Å². The van der Waals surface area contributed by atoms with E-state index < -0.39 is 0 Å². The van der Waals surface area contributed by atoms with Gasteiger partial charge in [0, 0.05) is 51.2 Å². The summed E-state index contributed by atoms with van der Waals surface area (Å²) in [5.41, 5.74) is 2.30. The van der Waals surface area contributed by atoms with Gasteiger partial charge in [0.1, 0.15) is 0 Å². The van der Waals surface area contributed by atoms with Crippen molar-refractivity contribution in [2.45, 2.75) is 13.0 Å². The third-order valence-corrected chi connectivity index (χ3v) is 4.03. The fourth-order valence-electron chi connectivity index (χ4n) is 2.58. The fourth-order valence-corrected chi connectivity index (χ4v) is 2.58. The summed E-state index contributed by atoms with van der Waals surface area (Å²) < 4.78 is 0. The molecule has 1 fully saturated rings. The minimum atomic E-state index is -0.0755. The zero-order valence-electron chi connectivity index (χ0n) is 13.3. The van der Waals surface area contributed by atoms with Crippen molar-refractivity contribution in [3.63, 3.8) is 0 Å². The molecule has 0 aromatic carbocycles. The standard InChI is InChI=1S/C15H25N5O/c1-11-7-14(16-2)13(9-17-11)15(21)18-8-12-10-19(3)5-6-20(12)4/h7,9,12H,5-6,8,10H2,1-4H3,(H,16,17)(H,18,21). The molecule has 1 amide bonds.